The van der Waals surface area contributed by atoms with Crippen molar-refractivity contribution in [3.8, 4) is 11.5 Å². The molecular formula is C37H24Br6N4O7. The quantitative estimate of drug-likeness (QED) is 0.167. The summed E-state index contributed by atoms with van der Waals surface area (Å²) < 4.78 is 25.6. The molecule has 0 aliphatic heterocycles. The molecule has 0 amide bonds. The Morgan fingerprint density at radius 1 is 0.574 bits per heavy atom. The van der Waals surface area contributed by atoms with Crippen LogP contribution in [0.5, 0.6) is 0 Å². The number of carbonyl (C=O) groups is 3. The highest BCUT2D eigenvalue weighted by molar-refractivity contribution is 9.15. The third kappa shape index (κ3) is 8.26. The van der Waals surface area contributed by atoms with Crippen LogP contribution < -0.4 is 16.0 Å². The number of hydrogen-bond donors (Lipinski definition) is 3. The molecule has 0 spiro atoms. The summed E-state index contributed by atoms with van der Waals surface area (Å²) in [6, 6.07) is 10.7. The van der Waals surface area contributed by atoms with Crippen LogP contribution in [0.15, 0.2) is 139 Å². The molecule has 54 heavy (non-hydrogen) atoms. The topological polar surface area (TPSA) is 141 Å². The Hall–Kier alpha value is -3.74. The Bertz CT molecular complexity index is 2360. The number of nitrogens with zero attached hydrogens (tertiary/aromatic N) is 1. The first-order valence-electron chi connectivity index (χ1n) is 15.4. The summed E-state index contributed by atoms with van der Waals surface area (Å²) in [4.78, 5) is 43.9. The van der Waals surface area contributed by atoms with Gasteiger partial charge in [0.2, 0.25) is 23.2 Å². The number of anilines is 3. The first-order chi connectivity index (χ1) is 25.8. The van der Waals surface area contributed by atoms with Crippen molar-refractivity contribution in [1.82, 2.24) is 4.98 Å². The molecule has 0 bridgehead atoms. The van der Waals surface area contributed by atoms with Crippen molar-refractivity contribution in [1.29, 1.82) is 0 Å². The van der Waals surface area contributed by atoms with Gasteiger partial charge in [0.1, 0.15) is 5.52 Å². The maximum Gasteiger partial charge on any atom is 0.230 e. The molecule has 3 aliphatic carbocycles. The highest BCUT2D eigenvalue weighted by atomic mass is 79.9. The van der Waals surface area contributed by atoms with Gasteiger partial charge in [-0.2, -0.15) is 0 Å². The van der Waals surface area contributed by atoms with E-state index in [9.17, 15) is 14.4 Å². The van der Waals surface area contributed by atoms with E-state index in [0.717, 1.165) is 0 Å². The number of Topliss-reactive ketones (excluding diaryl/α,β-unsaturated/α-hetero) is 3. The molecule has 1 aromatic heterocycles. The third-order valence-corrected chi connectivity index (χ3v) is 13.9. The minimum atomic E-state index is -0.321. The summed E-state index contributed by atoms with van der Waals surface area (Å²) in [5.41, 5.74) is 4.42. The molecule has 11 nitrogen and oxygen atoms in total. The average Bonchev–Trinajstić information content (AvgIpc) is 3.59. The fourth-order valence-corrected chi connectivity index (χ4v) is 7.67. The molecule has 0 radical (unpaired) electrons. The molecule has 1 heterocycles. The Kier molecular flexibility index (Phi) is 12.5. The van der Waals surface area contributed by atoms with Crippen LogP contribution in [0.4, 0.5) is 17.1 Å². The number of allylic oxidation sites excluding steroid dienone is 12. The Morgan fingerprint density at radius 3 is 1.39 bits per heavy atom. The lowest BCUT2D eigenvalue weighted by Crippen LogP contribution is -2.14. The molecular weight excluding hydrogens is 1090 g/mol. The van der Waals surface area contributed by atoms with Crippen LogP contribution in [0, 0.1) is 0 Å². The van der Waals surface area contributed by atoms with Crippen molar-refractivity contribution in [2.75, 3.05) is 37.3 Å². The van der Waals surface area contributed by atoms with Gasteiger partial charge in [0, 0.05) is 68.1 Å². The van der Waals surface area contributed by atoms with Crippen LogP contribution in [0.1, 0.15) is 0 Å². The van der Waals surface area contributed by atoms with Gasteiger partial charge in [-0.15, -0.1) is 0 Å². The predicted octanol–water partition coefficient (Wildman–Crippen LogP) is 10.7. The normalized spacial score (nSPS) is 18.8. The van der Waals surface area contributed by atoms with E-state index in [0.29, 0.717) is 83.2 Å². The number of halogens is 6. The first kappa shape index (κ1) is 39.9. The summed E-state index contributed by atoms with van der Waals surface area (Å²) in [6.07, 6.45) is 9.48. The number of benzene rings is 2. The number of fused-ring (bicyclic) bond motifs is 1. The lowest BCUT2D eigenvalue weighted by molar-refractivity contribution is -0.115. The highest BCUT2D eigenvalue weighted by Crippen LogP contribution is 2.38. The van der Waals surface area contributed by atoms with Gasteiger partial charge in [-0.05, 0) is 150 Å². The second-order valence-corrected chi connectivity index (χ2v) is 16.2. The van der Waals surface area contributed by atoms with E-state index in [1.165, 1.54) is 21.3 Å². The van der Waals surface area contributed by atoms with Crippen molar-refractivity contribution < 1.29 is 33.0 Å². The van der Waals surface area contributed by atoms with E-state index in [2.05, 4.69) is 112 Å². The fraction of sp³-hybridized carbons (Fsp3) is 0.0811. The summed E-state index contributed by atoms with van der Waals surface area (Å²) in [7, 11) is 4.29. The number of ketones is 3. The Labute approximate surface area is 358 Å². The van der Waals surface area contributed by atoms with Gasteiger partial charge < -0.3 is 34.6 Å². The van der Waals surface area contributed by atoms with Crippen molar-refractivity contribution >= 4 is 141 Å². The van der Waals surface area contributed by atoms with Crippen molar-refractivity contribution in [2.45, 2.75) is 0 Å². The van der Waals surface area contributed by atoms with E-state index in [1.807, 2.05) is 0 Å². The fourth-order valence-electron chi connectivity index (χ4n) is 5.18. The zero-order valence-electron chi connectivity index (χ0n) is 28.0. The number of ether oxygens (including phenoxy) is 3. The van der Waals surface area contributed by atoms with Crippen LogP contribution >= 0.6 is 95.6 Å². The molecule has 17 heteroatoms. The van der Waals surface area contributed by atoms with Crippen LogP contribution in [0.3, 0.4) is 0 Å². The lowest BCUT2D eigenvalue weighted by atomic mass is 10.1. The summed E-state index contributed by atoms with van der Waals surface area (Å²) in [5, 5.41) is 9.58. The minimum absolute atomic E-state index is 0.169. The summed E-state index contributed by atoms with van der Waals surface area (Å²) in [5.74, 6) is -0.0942. The summed E-state index contributed by atoms with van der Waals surface area (Å²) in [6.45, 7) is 0. The highest BCUT2D eigenvalue weighted by Gasteiger charge is 2.27. The molecule has 2 aromatic carbocycles. The number of methoxy groups -OCH3 is 3. The minimum Gasteiger partial charge on any atom is -0.493 e. The molecule has 6 rings (SSSR count). The standard InChI is InChI=1S/C37H24Br6N4O7/c1-51-28-10-23(38)31(41)20(34(28)48)13-44-17-4-5-27-26(9-17)47-37(54-27)16-6-18(45-14-21-32(42)24(39)11-29(52-2)35(21)49)8-19(7-16)46-15-22-33(43)25(40)12-30(53-3)36(22)50/h4-15,44-46H,1-3H3. The van der Waals surface area contributed by atoms with Crippen molar-refractivity contribution in [3.63, 3.8) is 0 Å². The Morgan fingerprint density at radius 2 is 0.981 bits per heavy atom. The lowest BCUT2D eigenvalue weighted by Gasteiger charge is -2.16. The molecule has 0 unspecified atom stereocenters. The molecule has 3 N–H and O–H groups in total. The monoisotopic (exact) mass is 1110 g/mol. The van der Waals surface area contributed by atoms with E-state index in [-0.39, 0.29) is 34.6 Å². The maximum absolute atomic E-state index is 13.1. The molecule has 0 atom stereocenters. The van der Waals surface area contributed by atoms with Crippen molar-refractivity contribution in [3.05, 3.63) is 134 Å². The maximum atomic E-state index is 13.1. The van der Waals surface area contributed by atoms with Crippen LogP contribution in [0.25, 0.3) is 22.6 Å². The van der Waals surface area contributed by atoms with Gasteiger partial charge >= 0.3 is 0 Å². The van der Waals surface area contributed by atoms with E-state index < -0.39 is 0 Å². The number of aromatic nitrogens is 1. The zero-order valence-corrected chi connectivity index (χ0v) is 37.5. The average molecular weight is 1120 g/mol. The van der Waals surface area contributed by atoms with E-state index in [1.54, 1.807) is 73.2 Å². The number of hydrogen-bond acceptors (Lipinski definition) is 11. The van der Waals surface area contributed by atoms with Gasteiger partial charge in [0.15, 0.2) is 22.9 Å². The smallest absolute Gasteiger partial charge is 0.230 e. The second-order valence-electron chi connectivity index (χ2n) is 11.2. The number of carbonyl (C=O) groups excluding carboxylic acids is 3. The largest absolute Gasteiger partial charge is 0.493 e. The van der Waals surface area contributed by atoms with Gasteiger partial charge in [0.05, 0.1) is 38.0 Å². The molecule has 0 saturated carbocycles. The summed E-state index contributed by atoms with van der Waals surface area (Å²) >= 11 is 20.8. The molecule has 0 saturated heterocycles. The van der Waals surface area contributed by atoms with E-state index in [4.69, 9.17) is 23.6 Å². The number of oxazole rings is 1. The van der Waals surface area contributed by atoms with Crippen LogP contribution in [-0.2, 0) is 28.6 Å². The molecule has 276 valence electrons. The number of nitrogens with one attached hydrogen (secondary N) is 3. The molecule has 0 fully saturated rings. The zero-order chi connectivity index (χ0) is 38.8. The number of rotatable bonds is 10. The van der Waals surface area contributed by atoms with Gasteiger partial charge in [-0.3, -0.25) is 14.4 Å². The van der Waals surface area contributed by atoms with Crippen molar-refractivity contribution in [2.24, 2.45) is 0 Å². The SMILES string of the molecule is COC1=CC(Br)=C(Br)C(=CNc2cc(NC=C3C(=O)C(OC)=CC(Br)=C3Br)cc(-c3nc4cc(NC=C5C(=O)C(OC)=CC(Br)=C5Br)ccc4o3)c2)C1=O. The van der Waals surface area contributed by atoms with Crippen LogP contribution in [0.2, 0.25) is 0 Å². The van der Waals surface area contributed by atoms with Gasteiger partial charge in [-0.25, -0.2) is 4.98 Å². The van der Waals surface area contributed by atoms with Crippen LogP contribution in [-0.4, -0.2) is 43.7 Å². The second kappa shape index (κ2) is 17.0. The Balaban J connectivity index is 1.36. The molecule has 3 aromatic rings. The van der Waals surface area contributed by atoms with Gasteiger partial charge in [-0.1, -0.05) is 0 Å². The molecule has 3 aliphatic rings. The van der Waals surface area contributed by atoms with E-state index >= 15 is 0 Å². The van der Waals surface area contributed by atoms with Gasteiger partial charge in [0.25, 0.3) is 0 Å². The first-order valence-corrected chi connectivity index (χ1v) is 20.1. The third-order valence-electron chi connectivity index (χ3n) is 7.89. The predicted molar refractivity (Wildman–Crippen MR) is 229 cm³/mol.